The van der Waals surface area contributed by atoms with Crippen molar-refractivity contribution in [3.63, 3.8) is 0 Å². The van der Waals surface area contributed by atoms with Crippen LogP contribution in [0, 0.1) is 0 Å². The maximum atomic E-state index is 14.0. The third-order valence-corrected chi connectivity index (χ3v) is 10.0. The Hall–Kier alpha value is -4.65. The maximum Gasteiger partial charge on any atom is 0.248 e. The monoisotopic (exact) mass is 774 g/mol. The summed E-state index contributed by atoms with van der Waals surface area (Å²) in [5, 5.41) is 43.5. The van der Waals surface area contributed by atoms with Crippen molar-refractivity contribution in [2.24, 2.45) is 5.73 Å². The minimum Gasteiger partial charge on any atom is -0.394 e. The smallest absolute Gasteiger partial charge is 0.248 e. The highest BCUT2D eigenvalue weighted by atomic mass is 16.3. The number of rotatable bonds is 16. The highest BCUT2D eigenvalue weighted by molar-refractivity contribution is 5.99. The molecule has 1 aromatic rings. The van der Waals surface area contributed by atoms with Crippen molar-refractivity contribution in [2.45, 2.75) is 126 Å². The number of β-amino-alcohol motifs (C(OH)–C–C–N with tert-alkyl or cyclic N) is 2. The number of nitrogens with two attached hydrogens (primary N) is 1. The van der Waals surface area contributed by atoms with Gasteiger partial charge in [0.25, 0.3) is 0 Å². The molecule has 1 aromatic carbocycles. The SMILES string of the molecule is [2H]C([2H])(C[C@H](NC(=O)[C@@H]1C[C@@H](O)CN1)C(=O)NC(C)(C)C(=O)N1C[C@H](O)C[C@H]1C(=O)NC(C)(C)C(=O)N1CCC[C@H]1C(=O)N[C@H](CO)Cc1ccccc1)C(N)=O. The summed E-state index contributed by atoms with van der Waals surface area (Å²) in [4.78, 5) is 95.9. The average Bonchev–Trinajstić information content (AvgIpc) is 3.90. The van der Waals surface area contributed by atoms with Gasteiger partial charge in [0.05, 0.1) is 30.9 Å². The van der Waals surface area contributed by atoms with Gasteiger partial charge in [-0.3, -0.25) is 33.6 Å². The summed E-state index contributed by atoms with van der Waals surface area (Å²) < 4.78 is 16.0. The van der Waals surface area contributed by atoms with Crippen LogP contribution in [-0.4, -0.2) is 146 Å². The summed E-state index contributed by atoms with van der Waals surface area (Å²) in [6.07, 6.45) is -4.54. The van der Waals surface area contributed by atoms with Crippen LogP contribution in [0.3, 0.4) is 0 Å². The lowest BCUT2D eigenvalue weighted by molar-refractivity contribution is -0.148. The number of nitrogens with one attached hydrogen (secondary N) is 5. The van der Waals surface area contributed by atoms with Crippen LogP contribution in [0.4, 0.5) is 0 Å². The van der Waals surface area contributed by atoms with Gasteiger partial charge in [0.1, 0.15) is 29.2 Å². The molecule has 7 atom stereocenters. The van der Waals surface area contributed by atoms with Crippen molar-refractivity contribution in [3.8, 4) is 0 Å². The molecule has 0 aliphatic carbocycles. The fourth-order valence-electron chi connectivity index (χ4n) is 7.14. The van der Waals surface area contributed by atoms with Crippen LogP contribution < -0.4 is 32.3 Å². The van der Waals surface area contributed by atoms with E-state index < -0.39 is 108 Å². The average molecular weight is 775 g/mol. The zero-order chi connectivity index (χ0) is 42.5. The predicted molar refractivity (Wildman–Crippen MR) is 197 cm³/mol. The van der Waals surface area contributed by atoms with Crippen molar-refractivity contribution in [3.05, 3.63) is 35.9 Å². The molecule has 55 heavy (non-hydrogen) atoms. The van der Waals surface area contributed by atoms with E-state index in [0.29, 0.717) is 19.3 Å². The standard InChI is InChI=1S/C37H56N8O10/c1-36(2,34(54)44-14-8-11-27(44)32(52)40-22(20-46)15-21-9-6-5-7-10-21)43-33(53)28-17-24(48)19-45(28)35(55)37(3,4)42-31(51)25(12-13-29(38)49)41-30(50)26-16-23(47)18-39-26/h5-7,9-10,22-28,39,46-48H,8,11-20H2,1-4H3,(H2,38,49)(H,40,52)(H,41,50)(H,42,51)(H,43,53)/t22-,23+,24+,25-,26-,27-,28-/m0/s1/i13D2. The number of carbonyl (C=O) groups is 7. The number of benzene rings is 1. The summed E-state index contributed by atoms with van der Waals surface area (Å²) in [6, 6.07) is 3.94. The quantitative estimate of drug-likeness (QED) is 0.0813. The maximum absolute atomic E-state index is 14.0. The number of aliphatic hydroxyl groups is 3. The number of amides is 7. The lowest BCUT2D eigenvalue weighted by Crippen LogP contribution is -2.64. The highest BCUT2D eigenvalue weighted by Gasteiger charge is 2.48. The van der Waals surface area contributed by atoms with E-state index in [1.165, 1.54) is 32.6 Å². The Kier molecular flexibility index (Phi) is 13.3. The first-order valence-electron chi connectivity index (χ1n) is 19.5. The van der Waals surface area contributed by atoms with E-state index >= 15 is 0 Å². The van der Waals surface area contributed by atoms with Crippen LogP contribution in [0.25, 0.3) is 0 Å². The Morgan fingerprint density at radius 2 is 1.55 bits per heavy atom. The van der Waals surface area contributed by atoms with Crippen molar-refractivity contribution in [1.82, 2.24) is 36.4 Å². The zero-order valence-electron chi connectivity index (χ0n) is 33.7. The summed E-state index contributed by atoms with van der Waals surface area (Å²) >= 11 is 0. The molecule has 3 aliphatic rings. The van der Waals surface area contributed by atoms with Gasteiger partial charge in [-0.2, -0.15) is 0 Å². The zero-order valence-corrected chi connectivity index (χ0v) is 31.7. The van der Waals surface area contributed by atoms with E-state index in [1.54, 1.807) is 0 Å². The molecular weight excluding hydrogens is 716 g/mol. The lowest BCUT2D eigenvalue weighted by atomic mass is 9.99. The normalized spacial score (nSPS) is 24.6. The fourth-order valence-corrected chi connectivity index (χ4v) is 7.14. The van der Waals surface area contributed by atoms with E-state index in [0.717, 1.165) is 10.5 Å². The molecule has 0 bridgehead atoms. The third kappa shape index (κ3) is 11.2. The van der Waals surface area contributed by atoms with Crippen molar-refractivity contribution < 1.29 is 51.6 Å². The van der Waals surface area contributed by atoms with Gasteiger partial charge >= 0.3 is 0 Å². The largest absolute Gasteiger partial charge is 0.394 e. The summed E-state index contributed by atoms with van der Waals surface area (Å²) in [5.41, 5.74) is 2.70. The Labute approximate surface area is 323 Å². The molecular formula is C37H56N8O10. The first-order valence-corrected chi connectivity index (χ1v) is 18.5. The Balaban J connectivity index is 1.43. The van der Waals surface area contributed by atoms with Gasteiger partial charge in [-0.05, 0) is 65.4 Å². The van der Waals surface area contributed by atoms with Crippen LogP contribution in [0.15, 0.2) is 30.3 Å². The summed E-state index contributed by atoms with van der Waals surface area (Å²) in [5.74, 6) is -5.82. The van der Waals surface area contributed by atoms with E-state index in [2.05, 4.69) is 26.6 Å². The fraction of sp³-hybridized carbons (Fsp3) is 0.649. The second-order valence-corrected chi connectivity index (χ2v) is 15.5. The lowest BCUT2D eigenvalue weighted by Gasteiger charge is -2.37. The molecule has 18 heteroatoms. The minimum absolute atomic E-state index is 0.0180. The third-order valence-electron chi connectivity index (χ3n) is 10.0. The van der Waals surface area contributed by atoms with Crippen LogP contribution in [0.2, 0.25) is 0 Å². The van der Waals surface area contributed by atoms with E-state index in [-0.39, 0.29) is 39.1 Å². The molecule has 0 spiro atoms. The van der Waals surface area contributed by atoms with Gasteiger partial charge in [-0.25, -0.2) is 0 Å². The van der Waals surface area contributed by atoms with Gasteiger partial charge in [-0.1, -0.05) is 30.3 Å². The van der Waals surface area contributed by atoms with Crippen molar-refractivity contribution in [2.75, 3.05) is 26.2 Å². The first-order chi connectivity index (χ1) is 26.6. The van der Waals surface area contributed by atoms with Gasteiger partial charge in [0.15, 0.2) is 0 Å². The molecule has 0 saturated carbocycles. The molecule has 304 valence electrons. The molecule has 0 aromatic heterocycles. The molecule has 3 fully saturated rings. The molecule has 3 aliphatic heterocycles. The molecule has 10 N–H and O–H groups in total. The number of hydrogen-bond donors (Lipinski definition) is 9. The number of likely N-dealkylation sites (tertiary alicyclic amines) is 2. The molecule has 4 rings (SSSR count). The molecule has 3 heterocycles. The second kappa shape index (κ2) is 18.3. The predicted octanol–water partition coefficient (Wildman–Crippen LogP) is -3.08. The van der Waals surface area contributed by atoms with Crippen molar-refractivity contribution in [1.29, 1.82) is 0 Å². The van der Waals surface area contributed by atoms with Crippen LogP contribution in [0.5, 0.6) is 0 Å². The Morgan fingerprint density at radius 3 is 2.16 bits per heavy atom. The van der Waals surface area contributed by atoms with Crippen LogP contribution in [-0.2, 0) is 40.0 Å². The highest BCUT2D eigenvalue weighted by Crippen LogP contribution is 2.26. The Bertz CT molecular complexity index is 1680. The molecule has 3 saturated heterocycles. The summed E-state index contributed by atoms with van der Waals surface area (Å²) in [7, 11) is 0. The van der Waals surface area contributed by atoms with Crippen molar-refractivity contribution >= 4 is 41.4 Å². The number of carbonyl (C=O) groups excluding carboxylic acids is 7. The minimum atomic E-state index is -2.75. The van der Waals surface area contributed by atoms with Gasteiger partial charge < -0.3 is 57.4 Å². The van der Waals surface area contributed by atoms with Gasteiger partial charge in [0.2, 0.25) is 41.4 Å². The number of hydrogen-bond acceptors (Lipinski definition) is 11. The second-order valence-electron chi connectivity index (χ2n) is 15.5. The molecule has 18 nitrogen and oxygen atoms in total. The first kappa shape index (κ1) is 40.0. The Morgan fingerprint density at radius 1 is 0.891 bits per heavy atom. The number of aliphatic hydroxyl groups excluding tert-OH is 3. The van der Waals surface area contributed by atoms with Gasteiger partial charge in [0, 0.05) is 35.2 Å². The number of nitrogens with zero attached hydrogens (tertiary/aromatic N) is 2. The van der Waals surface area contributed by atoms with E-state index in [9.17, 15) is 48.9 Å². The molecule has 0 radical (unpaired) electrons. The van der Waals surface area contributed by atoms with Crippen LogP contribution >= 0.6 is 0 Å². The topological polar surface area (TPSA) is 273 Å². The number of primary amides is 1. The van der Waals surface area contributed by atoms with E-state index in [1.807, 2.05) is 30.3 Å². The van der Waals surface area contributed by atoms with E-state index in [4.69, 9.17) is 8.48 Å². The molecule has 7 amide bonds. The van der Waals surface area contributed by atoms with Crippen LogP contribution in [0.1, 0.15) is 74.5 Å². The summed E-state index contributed by atoms with van der Waals surface area (Å²) in [6.45, 7) is 5.23. The molecule has 0 unspecified atom stereocenters. The van der Waals surface area contributed by atoms with Gasteiger partial charge in [-0.15, -0.1) is 0 Å².